The highest BCUT2D eigenvalue weighted by Crippen LogP contribution is 2.22. The first kappa shape index (κ1) is 23.1. The van der Waals surface area contributed by atoms with Gasteiger partial charge in [-0.05, 0) is 38.5 Å². The van der Waals surface area contributed by atoms with E-state index < -0.39 is 0 Å². The molecule has 0 aliphatic carbocycles. The number of likely N-dealkylation sites (tertiary alicyclic amines) is 1. The summed E-state index contributed by atoms with van der Waals surface area (Å²) in [5.41, 5.74) is 0. The van der Waals surface area contributed by atoms with Crippen molar-refractivity contribution < 1.29 is 14.3 Å². The molecule has 27 heavy (non-hydrogen) atoms. The Kier molecular flexibility index (Phi) is 11.4. The lowest BCUT2D eigenvalue weighted by atomic mass is 9.92. The van der Waals surface area contributed by atoms with E-state index in [0.29, 0.717) is 0 Å². The van der Waals surface area contributed by atoms with Crippen LogP contribution in [0.15, 0.2) is 17.4 Å². The smallest absolute Gasteiger partial charge is 0.230 e. The zero-order chi connectivity index (χ0) is 20.1. The number of piperidine rings is 1. The number of hydrogen-bond acceptors (Lipinski definition) is 5. The summed E-state index contributed by atoms with van der Waals surface area (Å²) in [4.78, 5) is 23.1. The monoisotopic (exact) mass is 381 g/mol. The molecule has 1 amide bonds. The Hall–Kier alpha value is -1.93. The van der Waals surface area contributed by atoms with Crippen LogP contribution >= 0.6 is 0 Å². The number of aliphatic imine (C=N–C) groups is 1. The number of aromatic nitrogens is 2. The van der Waals surface area contributed by atoms with Gasteiger partial charge in [-0.3, -0.25) is 4.79 Å². The van der Waals surface area contributed by atoms with Crippen LogP contribution in [0.5, 0.6) is 0 Å². The number of imidazole rings is 1. The van der Waals surface area contributed by atoms with E-state index in [2.05, 4.69) is 24.0 Å². The minimum Gasteiger partial charge on any atom is -0.369 e. The van der Waals surface area contributed by atoms with Crippen molar-refractivity contribution in [3.63, 3.8) is 0 Å². The van der Waals surface area contributed by atoms with Crippen molar-refractivity contribution in [3.05, 3.63) is 12.4 Å². The van der Waals surface area contributed by atoms with E-state index in [9.17, 15) is 4.79 Å². The quantitative estimate of drug-likeness (QED) is 0.284. The number of rotatable bonds is 9. The average molecular weight is 382 g/mol. The SMILES string of the molecule is CN(C)/C=N/c1nccn1CCCC1CCN(C=O)CC1.COC(C)OC. The normalized spacial score (nSPS) is 15.1. The summed E-state index contributed by atoms with van der Waals surface area (Å²) < 4.78 is 11.5. The van der Waals surface area contributed by atoms with E-state index in [-0.39, 0.29) is 6.29 Å². The van der Waals surface area contributed by atoms with Crippen LogP contribution < -0.4 is 0 Å². The Morgan fingerprint density at radius 3 is 2.52 bits per heavy atom. The van der Waals surface area contributed by atoms with Crippen LogP contribution in [0.25, 0.3) is 0 Å². The maximum absolute atomic E-state index is 10.7. The van der Waals surface area contributed by atoms with Gasteiger partial charge in [0.25, 0.3) is 0 Å². The van der Waals surface area contributed by atoms with Gasteiger partial charge in [0, 0.05) is 60.3 Å². The largest absolute Gasteiger partial charge is 0.369 e. The molecule has 2 rings (SSSR count). The van der Waals surface area contributed by atoms with E-state index in [4.69, 9.17) is 0 Å². The highest BCUT2D eigenvalue weighted by atomic mass is 16.7. The molecular weight excluding hydrogens is 346 g/mol. The average Bonchev–Trinajstić information content (AvgIpc) is 3.14. The molecule has 0 radical (unpaired) electrons. The standard InChI is InChI=1S/C15H25N5O.C4H10O2/c1-18(2)12-17-15-16-7-11-20(15)8-3-4-14-5-9-19(13-21)10-6-14;1-4(5-2)6-3/h7,11-14H,3-6,8-10H2,1-2H3;4H,1-3H3/b17-12+;. The molecule has 0 saturated carbocycles. The summed E-state index contributed by atoms with van der Waals surface area (Å²) in [7, 11) is 7.10. The Morgan fingerprint density at radius 2 is 2.00 bits per heavy atom. The summed E-state index contributed by atoms with van der Waals surface area (Å²) in [5, 5.41) is 0. The van der Waals surface area contributed by atoms with E-state index in [1.54, 1.807) is 26.8 Å². The number of nitrogens with zero attached hydrogens (tertiary/aromatic N) is 5. The zero-order valence-electron chi connectivity index (χ0n) is 17.4. The molecule has 1 aromatic rings. The number of methoxy groups -OCH3 is 2. The van der Waals surface area contributed by atoms with Gasteiger partial charge in [0.15, 0.2) is 6.29 Å². The molecular formula is C19H35N5O3. The van der Waals surface area contributed by atoms with Gasteiger partial charge in [0.1, 0.15) is 0 Å². The van der Waals surface area contributed by atoms with Crippen molar-refractivity contribution in [1.29, 1.82) is 0 Å². The predicted molar refractivity (Wildman–Crippen MR) is 107 cm³/mol. The van der Waals surface area contributed by atoms with Crippen molar-refractivity contribution >= 4 is 18.7 Å². The summed E-state index contributed by atoms with van der Waals surface area (Å²) in [6, 6.07) is 0. The molecule has 1 aromatic heterocycles. The molecule has 2 heterocycles. The zero-order valence-corrected chi connectivity index (χ0v) is 17.4. The van der Waals surface area contributed by atoms with Gasteiger partial charge in [-0.1, -0.05) is 0 Å². The number of hydrogen-bond donors (Lipinski definition) is 0. The lowest BCUT2D eigenvalue weighted by molar-refractivity contribution is -0.119. The van der Waals surface area contributed by atoms with Gasteiger partial charge < -0.3 is 23.8 Å². The number of carbonyl (C=O) groups excluding carboxylic acids is 1. The molecule has 154 valence electrons. The van der Waals surface area contributed by atoms with Gasteiger partial charge in [-0.15, -0.1) is 0 Å². The van der Waals surface area contributed by atoms with Crippen molar-refractivity contribution in [2.24, 2.45) is 10.9 Å². The third-order valence-corrected chi connectivity index (χ3v) is 4.57. The fraction of sp³-hybridized carbons (Fsp3) is 0.737. The summed E-state index contributed by atoms with van der Waals surface area (Å²) in [5.74, 6) is 1.51. The lowest BCUT2D eigenvalue weighted by Gasteiger charge is -2.29. The second-order valence-electron chi connectivity index (χ2n) is 6.89. The predicted octanol–water partition coefficient (Wildman–Crippen LogP) is 2.38. The van der Waals surface area contributed by atoms with Crippen LogP contribution in [-0.2, 0) is 20.8 Å². The maximum Gasteiger partial charge on any atom is 0.230 e. The summed E-state index contributed by atoms with van der Waals surface area (Å²) in [6.45, 7) is 4.61. The number of carbonyl (C=O) groups is 1. The minimum absolute atomic E-state index is 0.0648. The van der Waals surface area contributed by atoms with Gasteiger partial charge >= 0.3 is 0 Å². The van der Waals surface area contributed by atoms with Crippen LogP contribution in [0.4, 0.5) is 5.95 Å². The lowest BCUT2D eigenvalue weighted by Crippen LogP contribution is -2.32. The molecule has 0 bridgehead atoms. The maximum atomic E-state index is 10.7. The Balaban J connectivity index is 0.000000527. The minimum atomic E-state index is -0.0648. The molecule has 0 atom stereocenters. The van der Waals surface area contributed by atoms with Gasteiger partial charge in [0.05, 0.1) is 6.34 Å². The fourth-order valence-electron chi connectivity index (χ4n) is 2.76. The number of amides is 1. The Bertz CT molecular complexity index is 535. The van der Waals surface area contributed by atoms with Crippen molar-refractivity contribution in [3.8, 4) is 0 Å². The molecule has 0 spiro atoms. The van der Waals surface area contributed by atoms with Crippen LogP contribution in [-0.4, -0.2) is 79.8 Å². The summed E-state index contributed by atoms with van der Waals surface area (Å²) >= 11 is 0. The van der Waals surface area contributed by atoms with E-state index in [1.807, 2.05) is 37.0 Å². The Labute approximate surface area is 163 Å². The van der Waals surface area contributed by atoms with Crippen molar-refractivity contribution in [2.75, 3.05) is 41.4 Å². The van der Waals surface area contributed by atoms with Crippen LogP contribution in [0.2, 0.25) is 0 Å². The fourth-order valence-corrected chi connectivity index (χ4v) is 2.76. The molecule has 0 N–H and O–H groups in total. The third kappa shape index (κ3) is 9.53. The molecule has 1 fully saturated rings. The highest BCUT2D eigenvalue weighted by molar-refractivity contribution is 5.57. The highest BCUT2D eigenvalue weighted by Gasteiger charge is 2.17. The van der Waals surface area contributed by atoms with Crippen LogP contribution in [0.3, 0.4) is 0 Å². The van der Waals surface area contributed by atoms with Crippen LogP contribution in [0.1, 0.15) is 32.6 Å². The Morgan fingerprint density at radius 1 is 1.33 bits per heavy atom. The topological polar surface area (TPSA) is 72.2 Å². The van der Waals surface area contributed by atoms with E-state index in [1.165, 1.54) is 6.42 Å². The first-order valence-electron chi connectivity index (χ1n) is 9.46. The molecule has 8 heteroatoms. The van der Waals surface area contributed by atoms with Gasteiger partial charge in [-0.2, -0.15) is 0 Å². The van der Waals surface area contributed by atoms with Crippen molar-refractivity contribution in [2.45, 2.75) is 45.4 Å². The molecule has 8 nitrogen and oxygen atoms in total. The first-order valence-corrected chi connectivity index (χ1v) is 9.46. The first-order chi connectivity index (χ1) is 13.0. The second-order valence-corrected chi connectivity index (χ2v) is 6.89. The number of ether oxygens (including phenoxy) is 2. The van der Waals surface area contributed by atoms with Gasteiger partial charge in [-0.25, -0.2) is 9.98 Å². The third-order valence-electron chi connectivity index (χ3n) is 4.57. The van der Waals surface area contributed by atoms with E-state index in [0.717, 1.165) is 57.2 Å². The molecule has 1 aliphatic rings. The van der Waals surface area contributed by atoms with E-state index >= 15 is 0 Å². The molecule has 0 unspecified atom stereocenters. The molecule has 1 saturated heterocycles. The molecule has 1 aliphatic heterocycles. The second kappa shape index (κ2) is 13.3. The van der Waals surface area contributed by atoms with Crippen LogP contribution in [0, 0.1) is 5.92 Å². The van der Waals surface area contributed by atoms with Crippen molar-refractivity contribution in [1.82, 2.24) is 19.4 Å². The number of aryl methyl sites for hydroxylation is 1. The summed E-state index contributed by atoms with van der Waals surface area (Å²) in [6.07, 6.45) is 11.1. The molecule has 0 aromatic carbocycles. The van der Waals surface area contributed by atoms with Gasteiger partial charge in [0.2, 0.25) is 12.4 Å².